The lowest BCUT2D eigenvalue weighted by molar-refractivity contribution is -0.0880. The fraction of sp³-hybridized carbons (Fsp3) is 0.593. The number of alkyl halides is 2. The summed E-state index contributed by atoms with van der Waals surface area (Å²) in [4.78, 5) is 32.8. The Balaban J connectivity index is 1.44. The largest absolute Gasteiger partial charge is 0.378 e. The van der Waals surface area contributed by atoms with Gasteiger partial charge in [-0.2, -0.15) is 5.10 Å². The molecule has 3 heterocycles. The van der Waals surface area contributed by atoms with E-state index in [1.807, 2.05) is 23.7 Å². The van der Waals surface area contributed by atoms with Crippen molar-refractivity contribution in [3.63, 3.8) is 0 Å². The third-order valence-electron chi connectivity index (χ3n) is 7.78. The average molecular weight is 516 g/mol. The van der Waals surface area contributed by atoms with Crippen LogP contribution in [0.5, 0.6) is 0 Å². The predicted molar refractivity (Wildman–Crippen MR) is 139 cm³/mol. The number of hydrogen-bond acceptors (Lipinski definition) is 5. The molecule has 37 heavy (non-hydrogen) atoms. The van der Waals surface area contributed by atoms with Crippen LogP contribution >= 0.6 is 0 Å². The number of hydrogen-bond donors (Lipinski definition) is 1. The number of ether oxygens (including phenoxy) is 1. The monoisotopic (exact) mass is 515 g/mol. The number of halogens is 2. The average Bonchev–Trinajstić information content (AvgIpc) is 3.13. The van der Waals surface area contributed by atoms with Crippen molar-refractivity contribution in [2.75, 3.05) is 46.4 Å². The highest BCUT2D eigenvalue weighted by Gasteiger charge is 2.34. The maximum absolute atomic E-state index is 14.0. The summed E-state index contributed by atoms with van der Waals surface area (Å²) in [6.07, 6.45) is 8.39. The van der Waals surface area contributed by atoms with E-state index in [4.69, 9.17) is 0 Å². The fourth-order valence-electron chi connectivity index (χ4n) is 5.87. The number of H-pyrrole nitrogens is 1. The van der Waals surface area contributed by atoms with Gasteiger partial charge in [-0.25, -0.2) is 8.78 Å². The van der Waals surface area contributed by atoms with Crippen LogP contribution in [0.2, 0.25) is 0 Å². The van der Waals surface area contributed by atoms with E-state index in [1.165, 1.54) is 20.0 Å². The molecule has 1 aromatic carbocycles. The molecule has 0 bridgehead atoms. The van der Waals surface area contributed by atoms with Gasteiger partial charge in [-0.3, -0.25) is 19.2 Å². The molecule has 1 aliphatic carbocycles. The first-order valence-corrected chi connectivity index (χ1v) is 13.2. The first kappa shape index (κ1) is 25.8. The van der Waals surface area contributed by atoms with Gasteiger partial charge in [0.05, 0.1) is 35.2 Å². The number of pyridine rings is 1. The number of methoxy groups -OCH3 is 1. The molecule has 0 spiro atoms. The SMILES string of the molecule is COCC(F)(F)CN1CCN(C(=O)c2cc3c(cc2C)[nH]c(=O)c2cnn(C4CCCCCC4)c23)CC1. The number of nitrogens with one attached hydrogen (secondary N) is 1. The number of benzene rings is 1. The van der Waals surface area contributed by atoms with E-state index in [0.29, 0.717) is 42.6 Å². The smallest absolute Gasteiger partial charge is 0.283 e. The molecule has 1 saturated carbocycles. The summed E-state index contributed by atoms with van der Waals surface area (Å²) in [6, 6.07) is 3.96. The lowest BCUT2D eigenvalue weighted by Gasteiger charge is -2.36. The number of nitrogens with zero attached hydrogens (tertiary/aromatic N) is 4. The molecule has 1 N–H and O–H groups in total. The molecule has 2 aromatic heterocycles. The molecule has 3 aromatic rings. The Hall–Kier alpha value is -2.85. The predicted octanol–water partition coefficient (Wildman–Crippen LogP) is 4.12. The van der Waals surface area contributed by atoms with Gasteiger partial charge in [-0.05, 0) is 37.5 Å². The van der Waals surface area contributed by atoms with Crippen LogP contribution in [0.25, 0.3) is 21.8 Å². The molecule has 8 nitrogen and oxygen atoms in total. The molecular weight excluding hydrogens is 480 g/mol. The van der Waals surface area contributed by atoms with E-state index in [1.54, 1.807) is 16.0 Å². The molecular formula is C27H35F2N5O3. The van der Waals surface area contributed by atoms with Crippen LogP contribution in [-0.2, 0) is 4.74 Å². The van der Waals surface area contributed by atoms with Crippen molar-refractivity contribution in [2.45, 2.75) is 57.4 Å². The highest BCUT2D eigenvalue weighted by Crippen LogP contribution is 2.32. The van der Waals surface area contributed by atoms with Crippen LogP contribution < -0.4 is 5.56 Å². The summed E-state index contributed by atoms with van der Waals surface area (Å²) in [5.74, 6) is -3.04. The van der Waals surface area contributed by atoms with E-state index in [-0.39, 0.29) is 24.1 Å². The van der Waals surface area contributed by atoms with Gasteiger partial charge in [0.1, 0.15) is 6.61 Å². The van der Waals surface area contributed by atoms with Crippen molar-refractivity contribution in [1.82, 2.24) is 24.6 Å². The number of carbonyl (C=O) groups is 1. The highest BCUT2D eigenvalue weighted by atomic mass is 19.3. The zero-order valence-corrected chi connectivity index (χ0v) is 21.6. The Morgan fingerprint density at radius 1 is 1.11 bits per heavy atom. The van der Waals surface area contributed by atoms with Gasteiger partial charge in [0.2, 0.25) is 0 Å². The van der Waals surface area contributed by atoms with Crippen molar-refractivity contribution >= 4 is 27.7 Å². The number of fused-ring (bicyclic) bond motifs is 3. The number of rotatable bonds is 6. The molecule has 1 saturated heterocycles. The van der Waals surface area contributed by atoms with E-state index >= 15 is 0 Å². The lowest BCUT2D eigenvalue weighted by atomic mass is 10.0. The van der Waals surface area contributed by atoms with Crippen LogP contribution in [0.1, 0.15) is 60.5 Å². The van der Waals surface area contributed by atoms with Crippen molar-refractivity contribution in [3.05, 3.63) is 39.8 Å². The van der Waals surface area contributed by atoms with E-state index in [0.717, 1.165) is 42.1 Å². The van der Waals surface area contributed by atoms with Crippen LogP contribution in [0, 0.1) is 6.92 Å². The van der Waals surface area contributed by atoms with E-state index < -0.39 is 12.5 Å². The Bertz CT molecular complexity index is 1340. The summed E-state index contributed by atoms with van der Waals surface area (Å²) >= 11 is 0. The number of aryl methyl sites for hydroxylation is 1. The summed E-state index contributed by atoms with van der Waals surface area (Å²) < 4.78 is 34.6. The minimum atomic E-state index is -2.92. The normalized spacial score (nSPS) is 18.5. The maximum atomic E-state index is 14.0. The summed E-state index contributed by atoms with van der Waals surface area (Å²) in [6.45, 7) is 2.37. The van der Waals surface area contributed by atoms with Crippen molar-refractivity contribution in [2.24, 2.45) is 0 Å². The van der Waals surface area contributed by atoms with Gasteiger partial charge < -0.3 is 14.6 Å². The minimum absolute atomic E-state index is 0.123. The first-order valence-electron chi connectivity index (χ1n) is 13.2. The topological polar surface area (TPSA) is 83.5 Å². The molecule has 0 atom stereocenters. The molecule has 2 aliphatic rings. The Morgan fingerprint density at radius 3 is 2.49 bits per heavy atom. The van der Waals surface area contributed by atoms with Crippen LogP contribution in [-0.4, -0.2) is 82.8 Å². The quantitative estimate of drug-likeness (QED) is 0.500. The van der Waals surface area contributed by atoms with Crippen molar-refractivity contribution in [3.8, 4) is 0 Å². The number of carbonyl (C=O) groups excluding carboxylic acids is 1. The maximum Gasteiger partial charge on any atom is 0.283 e. The second-order valence-corrected chi connectivity index (χ2v) is 10.5. The van der Waals surface area contributed by atoms with Crippen molar-refractivity contribution < 1.29 is 18.3 Å². The number of piperazine rings is 1. The van der Waals surface area contributed by atoms with Gasteiger partial charge in [0, 0.05) is 44.2 Å². The third kappa shape index (κ3) is 5.27. The number of aromatic nitrogens is 3. The molecule has 5 rings (SSSR count). The fourth-order valence-corrected chi connectivity index (χ4v) is 5.87. The van der Waals surface area contributed by atoms with Gasteiger partial charge in [-0.1, -0.05) is 25.7 Å². The molecule has 200 valence electrons. The van der Waals surface area contributed by atoms with Crippen molar-refractivity contribution in [1.29, 1.82) is 0 Å². The van der Waals surface area contributed by atoms with Gasteiger partial charge >= 0.3 is 0 Å². The summed E-state index contributed by atoms with van der Waals surface area (Å²) in [7, 11) is 1.27. The minimum Gasteiger partial charge on any atom is -0.378 e. The molecule has 1 amide bonds. The van der Waals surface area contributed by atoms with Gasteiger partial charge in [-0.15, -0.1) is 0 Å². The van der Waals surface area contributed by atoms with Gasteiger partial charge in [0.25, 0.3) is 17.4 Å². The molecule has 0 unspecified atom stereocenters. The Labute approximate surface area is 214 Å². The molecule has 10 heteroatoms. The third-order valence-corrected chi connectivity index (χ3v) is 7.78. The van der Waals surface area contributed by atoms with Crippen LogP contribution in [0.4, 0.5) is 8.78 Å². The summed E-state index contributed by atoms with van der Waals surface area (Å²) in [5, 5.41) is 5.98. The second-order valence-electron chi connectivity index (χ2n) is 10.5. The van der Waals surface area contributed by atoms with Crippen LogP contribution in [0.15, 0.2) is 23.1 Å². The highest BCUT2D eigenvalue weighted by molar-refractivity contribution is 6.07. The van der Waals surface area contributed by atoms with E-state index in [9.17, 15) is 18.4 Å². The zero-order valence-electron chi connectivity index (χ0n) is 21.6. The Kier molecular flexibility index (Phi) is 7.31. The second kappa shape index (κ2) is 10.5. The van der Waals surface area contributed by atoms with Crippen LogP contribution in [0.3, 0.4) is 0 Å². The Morgan fingerprint density at radius 2 is 1.81 bits per heavy atom. The van der Waals surface area contributed by atoms with Gasteiger partial charge in [0.15, 0.2) is 0 Å². The molecule has 1 aliphatic heterocycles. The first-order chi connectivity index (χ1) is 17.8. The molecule has 2 fully saturated rings. The zero-order chi connectivity index (χ0) is 26.2. The standard InChI is InChI=1S/C27H35F2N5O3/c1-18-13-23-21(24-22(25(35)31-23)15-30-34(24)19-7-5-3-4-6-8-19)14-20(18)26(36)33-11-9-32(10-12-33)16-27(28,29)17-37-2/h13-15,19H,3-12,16-17H2,1-2H3,(H,31,35). The number of amides is 1. The summed E-state index contributed by atoms with van der Waals surface area (Å²) in [5.41, 5.74) is 2.62. The number of aromatic amines is 1. The molecule has 0 radical (unpaired) electrons. The van der Waals surface area contributed by atoms with E-state index in [2.05, 4.69) is 14.8 Å². The lowest BCUT2D eigenvalue weighted by Crippen LogP contribution is -2.52.